The van der Waals surface area contributed by atoms with Gasteiger partial charge in [0.05, 0.1) is 26.9 Å². The van der Waals surface area contributed by atoms with E-state index in [-0.39, 0.29) is 0 Å². The zero-order valence-electron chi connectivity index (χ0n) is 12.7. The smallest absolute Gasteiger partial charge is 0.0898 e. The van der Waals surface area contributed by atoms with Gasteiger partial charge in [-0.25, -0.2) is 4.98 Å². The Kier molecular flexibility index (Phi) is 3.75. The second kappa shape index (κ2) is 5.45. The Morgan fingerprint density at radius 2 is 1.50 bits per heavy atom. The van der Waals surface area contributed by atoms with E-state index in [2.05, 4.69) is 13.0 Å². The zero-order chi connectivity index (χ0) is 16.0. The number of nitrogens with zero attached hydrogens (tertiary/aromatic N) is 1. The van der Waals surface area contributed by atoms with Crippen molar-refractivity contribution < 1.29 is 0 Å². The SMILES string of the molecule is Cc1cc(Cl)c(N)c(-c2cc(C)c3cc(C)cc(Cl)c3n2)c1. The summed E-state index contributed by atoms with van der Waals surface area (Å²) in [6.07, 6.45) is 0. The normalized spacial score (nSPS) is 11.1. The molecule has 0 aliphatic heterocycles. The molecule has 2 aromatic carbocycles. The van der Waals surface area contributed by atoms with Crippen molar-refractivity contribution in [3.63, 3.8) is 0 Å². The van der Waals surface area contributed by atoms with Crippen LogP contribution in [0.1, 0.15) is 16.7 Å². The summed E-state index contributed by atoms with van der Waals surface area (Å²) in [6, 6.07) is 9.90. The number of rotatable bonds is 1. The minimum absolute atomic E-state index is 0.543. The molecule has 0 radical (unpaired) electrons. The number of nitrogen functional groups attached to an aromatic ring is 1. The zero-order valence-corrected chi connectivity index (χ0v) is 14.2. The lowest BCUT2D eigenvalue weighted by molar-refractivity contribution is 1.34. The van der Waals surface area contributed by atoms with Crippen LogP contribution in [0.2, 0.25) is 10.0 Å². The molecule has 0 saturated carbocycles. The molecule has 0 bridgehead atoms. The Balaban J connectivity index is 2.34. The maximum atomic E-state index is 6.38. The van der Waals surface area contributed by atoms with E-state index in [4.69, 9.17) is 33.9 Å². The van der Waals surface area contributed by atoms with Gasteiger partial charge in [-0.3, -0.25) is 0 Å². The molecule has 3 aromatic rings. The van der Waals surface area contributed by atoms with Crippen LogP contribution in [0.5, 0.6) is 0 Å². The highest BCUT2D eigenvalue weighted by molar-refractivity contribution is 6.35. The number of fused-ring (bicyclic) bond motifs is 1. The van der Waals surface area contributed by atoms with Crippen molar-refractivity contribution in [3.05, 3.63) is 57.1 Å². The molecule has 0 saturated heterocycles. The lowest BCUT2D eigenvalue weighted by Crippen LogP contribution is -1.96. The third-order valence-corrected chi connectivity index (χ3v) is 4.37. The number of halogens is 2. The highest BCUT2D eigenvalue weighted by Gasteiger charge is 2.13. The first-order valence-corrected chi connectivity index (χ1v) is 7.76. The first-order valence-electron chi connectivity index (χ1n) is 7.00. The summed E-state index contributed by atoms with van der Waals surface area (Å²) < 4.78 is 0. The van der Waals surface area contributed by atoms with Crippen molar-refractivity contribution in [2.24, 2.45) is 0 Å². The van der Waals surface area contributed by atoms with E-state index in [9.17, 15) is 0 Å². The minimum atomic E-state index is 0.543. The molecule has 1 aromatic heterocycles. The number of pyridine rings is 1. The van der Waals surface area contributed by atoms with Crippen LogP contribution in [0.25, 0.3) is 22.2 Å². The van der Waals surface area contributed by atoms with E-state index < -0.39 is 0 Å². The lowest BCUT2D eigenvalue weighted by Gasteiger charge is -2.12. The number of aromatic nitrogens is 1. The molecule has 0 amide bonds. The summed E-state index contributed by atoms with van der Waals surface area (Å²) >= 11 is 12.6. The molecular weight excluding hydrogens is 315 g/mol. The van der Waals surface area contributed by atoms with E-state index in [1.54, 1.807) is 0 Å². The number of benzene rings is 2. The number of hydrogen-bond acceptors (Lipinski definition) is 2. The van der Waals surface area contributed by atoms with Crippen molar-refractivity contribution in [1.29, 1.82) is 0 Å². The van der Waals surface area contributed by atoms with Gasteiger partial charge in [-0.2, -0.15) is 0 Å². The molecule has 0 unspecified atom stereocenters. The van der Waals surface area contributed by atoms with Gasteiger partial charge in [-0.05, 0) is 67.8 Å². The van der Waals surface area contributed by atoms with E-state index in [0.717, 1.165) is 38.9 Å². The Morgan fingerprint density at radius 3 is 2.23 bits per heavy atom. The van der Waals surface area contributed by atoms with Crippen molar-refractivity contribution >= 4 is 39.8 Å². The molecular formula is C18H16Cl2N2. The van der Waals surface area contributed by atoms with Crippen LogP contribution in [0.15, 0.2) is 30.3 Å². The van der Waals surface area contributed by atoms with E-state index in [0.29, 0.717) is 15.7 Å². The number of nitrogens with two attached hydrogens (primary N) is 1. The third kappa shape index (κ3) is 2.53. The highest BCUT2D eigenvalue weighted by atomic mass is 35.5. The van der Waals surface area contributed by atoms with Gasteiger partial charge >= 0.3 is 0 Å². The van der Waals surface area contributed by atoms with Crippen molar-refractivity contribution in [3.8, 4) is 11.3 Å². The molecule has 112 valence electrons. The van der Waals surface area contributed by atoms with Crippen LogP contribution in [-0.4, -0.2) is 4.98 Å². The molecule has 2 N–H and O–H groups in total. The Labute approximate surface area is 139 Å². The summed E-state index contributed by atoms with van der Waals surface area (Å²) in [6.45, 7) is 6.06. The predicted octanol–water partition coefficient (Wildman–Crippen LogP) is 5.72. The van der Waals surface area contributed by atoms with Crippen LogP contribution < -0.4 is 5.73 Å². The summed E-state index contributed by atoms with van der Waals surface area (Å²) in [5.74, 6) is 0. The highest BCUT2D eigenvalue weighted by Crippen LogP contribution is 2.35. The van der Waals surface area contributed by atoms with Crippen LogP contribution in [-0.2, 0) is 0 Å². The maximum Gasteiger partial charge on any atom is 0.0898 e. The molecule has 3 rings (SSSR count). The molecule has 2 nitrogen and oxygen atoms in total. The van der Waals surface area contributed by atoms with Gasteiger partial charge in [0.15, 0.2) is 0 Å². The fraction of sp³-hybridized carbons (Fsp3) is 0.167. The van der Waals surface area contributed by atoms with Crippen LogP contribution >= 0.6 is 23.2 Å². The van der Waals surface area contributed by atoms with Crippen molar-refractivity contribution in [1.82, 2.24) is 4.98 Å². The topological polar surface area (TPSA) is 38.9 Å². The maximum absolute atomic E-state index is 6.38. The average Bonchev–Trinajstić information content (AvgIpc) is 2.43. The monoisotopic (exact) mass is 330 g/mol. The average molecular weight is 331 g/mol. The fourth-order valence-corrected chi connectivity index (χ4v) is 3.28. The Bertz CT molecular complexity index is 901. The number of anilines is 1. The number of aryl methyl sites for hydroxylation is 3. The third-order valence-electron chi connectivity index (χ3n) is 3.77. The van der Waals surface area contributed by atoms with E-state index in [1.807, 2.05) is 38.1 Å². The van der Waals surface area contributed by atoms with Gasteiger partial charge in [0, 0.05) is 10.9 Å². The quantitative estimate of drug-likeness (QED) is 0.580. The van der Waals surface area contributed by atoms with Gasteiger partial charge in [-0.1, -0.05) is 23.2 Å². The molecule has 0 spiro atoms. The first-order chi connectivity index (χ1) is 10.4. The minimum Gasteiger partial charge on any atom is -0.397 e. The predicted molar refractivity (Wildman–Crippen MR) is 95.8 cm³/mol. The van der Waals surface area contributed by atoms with Crippen molar-refractivity contribution in [2.45, 2.75) is 20.8 Å². The van der Waals surface area contributed by atoms with Gasteiger partial charge in [-0.15, -0.1) is 0 Å². The second-order valence-corrected chi connectivity index (χ2v) is 6.49. The molecule has 0 fully saturated rings. The van der Waals surface area contributed by atoms with Crippen LogP contribution in [0, 0.1) is 20.8 Å². The standard InChI is InChI=1S/C18H16Cl2N2/c1-9-4-12-11(3)8-16(22-18(12)15(20)7-9)13-5-10(2)6-14(19)17(13)21/h4-8H,21H2,1-3H3. The molecule has 0 aliphatic rings. The summed E-state index contributed by atoms with van der Waals surface area (Å²) in [4.78, 5) is 4.72. The van der Waals surface area contributed by atoms with E-state index in [1.165, 1.54) is 0 Å². The lowest BCUT2D eigenvalue weighted by atomic mass is 10.0. The van der Waals surface area contributed by atoms with Gasteiger partial charge < -0.3 is 5.73 Å². The fourth-order valence-electron chi connectivity index (χ4n) is 2.69. The number of hydrogen-bond donors (Lipinski definition) is 1. The summed E-state index contributed by atoms with van der Waals surface area (Å²) in [5, 5.41) is 2.26. The second-order valence-electron chi connectivity index (χ2n) is 5.68. The Morgan fingerprint density at radius 1 is 0.864 bits per heavy atom. The molecule has 1 heterocycles. The van der Waals surface area contributed by atoms with Gasteiger partial charge in [0.1, 0.15) is 0 Å². The van der Waals surface area contributed by atoms with Crippen molar-refractivity contribution in [2.75, 3.05) is 5.73 Å². The van der Waals surface area contributed by atoms with Gasteiger partial charge in [0.2, 0.25) is 0 Å². The van der Waals surface area contributed by atoms with Crippen LogP contribution in [0.4, 0.5) is 5.69 Å². The van der Waals surface area contributed by atoms with Crippen LogP contribution in [0.3, 0.4) is 0 Å². The first kappa shape index (κ1) is 15.1. The molecule has 0 aliphatic carbocycles. The van der Waals surface area contributed by atoms with Gasteiger partial charge in [0.25, 0.3) is 0 Å². The Hall–Kier alpha value is -1.77. The largest absolute Gasteiger partial charge is 0.397 e. The molecule has 22 heavy (non-hydrogen) atoms. The molecule has 0 atom stereocenters. The molecule has 4 heteroatoms. The summed E-state index contributed by atoms with van der Waals surface area (Å²) in [7, 11) is 0. The van der Waals surface area contributed by atoms with E-state index >= 15 is 0 Å². The summed E-state index contributed by atoms with van der Waals surface area (Å²) in [5.41, 5.74) is 12.4.